The summed E-state index contributed by atoms with van der Waals surface area (Å²) in [7, 11) is 0. The molecule has 150 valence electrons. The quantitative estimate of drug-likeness (QED) is 0.633. The Bertz CT molecular complexity index is 708. The van der Waals surface area contributed by atoms with Gasteiger partial charge in [-0.25, -0.2) is 0 Å². The van der Waals surface area contributed by atoms with Gasteiger partial charge in [0.05, 0.1) is 0 Å². The Hall–Kier alpha value is -2.13. The predicted octanol–water partition coefficient (Wildman–Crippen LogP) is 5.16. The zero-order chi connectivity index (χ0) is 19.8. The highest BCUT2D eigenvalue weighted by Gasteiger charge is 2.26. The van der Waals surface area contributed by atoms with Crippen molar-refractivity contribution in [1.82, 2.24) is 4.90 Å². The number of likely N-dealkylation sites (tertiary alicyclic amines) is 1. The van der Waals surface area contributed by atoms with E-state index in [4.69, 9.17) is 0 Å². The maximum absolute atomic E-state index is 12.7. The molecule has 1 aliphatic heterocycles. The fraction of sp³-hybridized carbons (Fsp3) is 0.480. The van der Waals surface area contributed by atoms with Gasteiger partial charge in [-0.3, -0.25) is 9.69 Å². The normalized spacial score (nSPS) is 16.6. The zero-order valence-corrected chi connectivity index (χ0v) is 17.4. The molecule has 3 rings (SSSR count). The molecular formula is C25H34N2O. The molecule has 0 bridgehead atoms. The Morgan fingerprint density at radius 2 is 1.64 bits per heavy atom. The highest BCUT2D eigenvalue weighted by molar-refractivity contribution is 5.93. The van der Waals surface area contributed by atoms with Gasteiger partial charge in [-0.1, -0.05) is 55.5 Å². The highest BCUT2D eigenvalue weighted by atomic mass is 16.2. The molecule has 3 heteroatoms. The largest absolute Gasteiger partial charge is 0.311 e. The van der Waals surface area contributed by atoms with Crippen molar-refractivity contribution >= 4 is 11.6 Å². The van der Waals surface area contributed by atoms with Gasteiger partial charge in [-0.05, 0) is 69.3 Å². The monoisotopic (exact) mass is 378 g/mol. The lowest BCUT2D eigenvalue weighted by Crippen LogP contribution is -2.47. The molecule has 1 heterocycles. The minimum Gasteiger partial charge on any atom is -0.311 e. The van der Waals surface area contributed by atoms with Crippen LogP contribution >= 0.6 is 0 Å². The second kappa shape index (κ2) is 10.4. The number of benzene rings is 2. The summed E-state index contributed by atoms with van der Waals surface area (Å²) in [5.41, 5.74) is 2.47. The van der Waals surface area contributed by atoms with Crippen LogP contribution in [0.2, 0.25) is 0 Å². The van der Waals surface area contributed by atoms with Gasteiger partial charge < -0.3 is 4.90 Å². The summed E-state index contributed by atoms with van der Waals surface area (Å²) in [6.07, 6.45) is 5.18. The van der Waals surface area contributed by atoms with Gasteiger partial charge in [-0.2, -0.15) is 0 Å². The lowest BCUT2D eigenvalue weighted by atomic mass is 9.89. The fourth-order valence-electron chi connectivity index (χ4n) is 4.23. The van der Waals surface area contributed by atoms with Crippen LogP contribution in [0, 0.1) is 5.92 Å². The van der Waals surface area contributed by atoms with Gasteiger partial charge >= 0.3 is 0 Å². The number of hydrogen-bond acceptors (Lipinski definition) is 2. The number of para-hydroxylation sites is 1. The van der Waals surface area contributed by atoms with Gasteiger partial charge in [0.25, 0.3) is 0 Å². The number of piperidine rings is 1. The van der Waals surface area contributed by atoms with Crippen molar-refractivity contribution in [2.75, 3.05) is 24.5 Å². The van der Waals surface area contributed by atoms with Crippen LogP contribution < -0.4 is 4.90 Å². The molecule has 0 radical (unpaired) electrons. The maximum Gasteiger partial charge on any atom is 0.227 e. The molecule has 2 aromatic carbocycles. The van der Waals surface area contributed by atoms with Gasteiger partial charge in [0.2, 0.25) is 5.91 Å². The van der Waals surface area contributed by atoms with Crippen LogP contribution in [0.5, 0.6) is 0 Å². The van der Waals surface area contributed by atoms with Crippen LogP contribution in [0.15, 0.2) is 60.7 Å². The van der Waals surface area contributed by atoms with E-state index in [2.05, 4.69) is 49.1 Å². The molecule has 0 saturated carbocycles. The van der Waals surface area contributed by atoms with Crippen molar-refractivity contribution in [3.05, 3.63) is 66.2 Å². The van der Waals surface area contributed by atoms with Gasteiger partial charge in [-0.15, -0.1) is 0 Å². The number of nitrogens with zero attached hydrogens (tertiary/aromatic N) is 2. The highest BCUT2D eigenvalue weighted by Crippen LogP contribution is 2.24. The number of carbonyl (C=O) groups excluding carboxylic acids is 1. The molecule has 0 N–H and O–H groups in total. The minimum atomic E-state index is 0.236. The molecule has 1 saturated heterocycles. The maximum atomic E-state index is 12.7. The van der Waals surface area contributed by atoms with Gasteiger partial charge in [0, 0.05) is 24.7 Å². The Labute approximate surface area is 170 Å². The molecule has 2 aromatic rings. The summed E-state index contributed by atoms with van der Waals surface area (Å²) in [4.78, 5) is 17.3. The minimum absolute atomic E-state index is 0.236. The Balaban J connectivity index is 1.55. The third-order valence-corrected chi connectivity index (χ3v) is 5.92. The van der Waals surface area contributed by atoms with E-state index in [-0.39, 0.29) is 5.91 Å². The third-order valence-electron chi connectivity index (χ3n) is 5.92. The molecule has 1 fully saturated rings. The van der Waals surface area contributed by atoms with Crippen LogP contribution in [-0.4, -0.2) is 36.5 Å². The molecule has 1 aliphatic rings. The summed E-state index contributed by atoms with van der Waals surface area (Å²) in [6.45, 7) is 7.37. The fourth-order valence-corrected chi connectivity index (χ4v) is 4.23. The van der Waals surface area contributed by atoms with E-state index in [0.717, 1.165) is 37.7 Å². The molecule has 28 heavy (non-hydrogen) atoms. The van der Waals surface area contributed by atoms with Crippen LogP contribution in [0.1, 0.15) is 45.1 Å². The molecule has 0 aromatic heterocycles. The predicted molar refractivity (Wildman–Crippen MR) is 118 cm³/mol. The Kier molecular flexibility index (Phi) is 7.67. The van der Waals surface area contributed by atoms with Crippen molar-refractivity contribution in [3.63, 3.8) is 0 Å². The number of amides is 1. The molecule has 1 atom stereocenters. The molecule has 1 amide bonds. The van der Waals surface area contributed by atoms with Crippen LogP contribution in [0.3, 0.4) is 0 Å². The smallest absolute Gasteiger partial charge is 0.227 e. The second-order valence-electron chi connectivity index (χ2n) is 8.11. The first-order valence-corrected chi connectivity index (χ1v) is 10.8. The van der Waals surface area contributed by atoms with Crippen molar-refractivity contribution in [2.24, 2.45) is 5.92 Å². The van der Waals surface area contributed by atoms with E-state index in [0.29, 0.717) is 12.5 Å². The van der Waals surface area contributed by atoms with Gasteiger partial charge in [0.1, 0.15) is 0 Å². The molecule has 3 nitrogen and oxygen atoms in total. The van der Waals surface area contributed by atoms with E-state index < -0.39 is 0 Å². The molecule has 0 aliphatic carbocycles. The van der Waals surface area contributed by atoms with E-state index in [9.17, 15) is 4.79 Å². The summed E-state index contributed by atoms with van der Waals surface area (Å²) < 4.78 is 0. The number of rotatable bonds is 8. The van der Waals surface area contributed by atoms with Gasteiger partial charge in [0.15, 0.2) is 0 Å². The second-order valence-corrected chi connectivity index (χ2v) is 8.11. The van der Waals surface area contributed by atoms with E-state index in [1.807, 2.05) is 35.2 Å². The Morgan fingerprint density at radius 1 is 1.04 bits per heavy atom. The van der Waals surface area contributed by atoms with E-state index in [1.165, 1.54) is 24.8 Å². The average Bonchev–Trinajstić information content (AvgIpc) is 2.74. The third kappa shape index (κ3) is 5.68. The van der Waals surface area contributed by atoms with Crippen LogP contribution in [-0.2, 0) is 11.2 Å². The number of anilines is 1. The van der Waals surface area contributed by atoms with Crippen molar-refractivity contribution in [1.29, 1.82) is 0 Å². The lowest BCUT2D eigenvalue weighted by Gasteiger charge is -2.38. The van der Waals surface area contributed by atoms with Crippen molar-refractivity contribution < 1.29 is 4.79 Å². The topological polar surface area (TPSA) is 23.6 Å². The summed E-state index contributed by atoms with van der Waals surface area (Å²) in [5, 5.41) is 0. The summed E-state index contributed by atoms with van der Waals surface area (Å²) in [6, 6.07) is 21.4. The average molecular weight is 379 g/mol. The summed E-state index contributed by atoms with van der Waals surface area (Å²) in [5.74, 6) is 1.01. The first-order chi connectivity index (χ1) is 13.7. The summed E-state index contributed by atoms with van der Waals surface area (Å²) >= 11 is 0. The van der Waals surface area contributed by atoms with Crippen molar-refractivity contribution in [3.8, 4) is 0 Å². The lowest BCUT2D eigenvalue weighted by molar-refractivity contribution is -0.118. The molecule has 0 spiro atoms. The van der Waals surface area contributed by atoms with Crippen LogP contribution in [0.25, 0.3) is 0 Å². The number of hydrogen-bond donors (Lipinski definition) is 0. The Morgan fingerprint density at radius 3 is 2.25 bits per heavy atom. The zero-order valence-electron chi connectivity index (χ0n) is 17.4. The first kappa shape index (κ1) is 20.6. The van der Waals surface area contributed by atoms with Crippen molar-refractivity contribution in [2.45, 2.75) is 52.0 Å². The first-order valence-electron chi connectivity index (χ1n) is 10.8. The van der Waals surface area contributed by atoms with E-state index >= 15 is 0 Å². The molecule has 1 unspecified atom stereocenters. The number of carbonyl (C=O) groups is 1. The molecular weight excluding hydrogens is 344 g/mol. The SMILES string of the molecule is CCCC(=O)N(CC(C)N1CCC(Cc2ccccc2)CC1)c1ccccc1. The van der Waals surface area contributed by atoms with Crippen LogP contribution in [0.4, 0.5) is 5.69 Å². The van der Waals surface area contributed by atoms with E-state index in [1.54, 1.807) is 0 Å². The standard InChI is InChI=1S/C25H34N2O/c1-3-10-25(28)27(24-13-8-5-9-14-24)20-21(2)26-17-15-23(16-18-26)19-22-11-6-4-7-12-22/h4-9,11-14,21,23H,3,10,15-20H2,1-2H3.